The highest BCUT2D eigenvalue weighted by Crippen LogP contribution is 2.43. The Balaban J connectivity index is 1.78. The molecule has 0 radical (unpaired) electrons. The molecule has 3 amide bonds. The average Bonchev–Trinajstić information content (AvgIpc) is 3.12. The van der Waals surface area contributed by atoms with Crippen molar-refractivity contribution < 1.29 is 14.4 Å². The first kappa shape index (κ1) is 12.3. The van der Waals surface area contributed by atoms with E-state index in [9.17, 15) is 14.4 Å². The lowest BCUT2D eigenvalue weighted by molar-refractivity contribution is -0.136. The van der Waals surface area contributed by atoms with Crippen LogP contribution in [0, 0.1) is 5.92 Å². The minimum atomic E-state index is -0.413. The molecule has 4 rings (SSSR count). The SMILES string of the molecule is C=C1C(=O)N(N2C(=O)c3ccccc3C2=O)[C@@H]2CCC[C@H]12. The average molecular weight is 282 g/mol. The molecule has 2 aliphatic heterocycles. The lowest BCUT2D eigenvalue weighted by Gasteiger charge is -2.30. The van der Waals surface area contributed by atoms with Crippen LogP contribution in [0.5, 0.6) is 0 Å². The fourth-order valence-corrected chi connectivity index (χ4v) is 3.71. The lowest BCUT2D eigenvalue weighted by atomic mass is 10.0. The van der Waals surface area contributed by atoms with Gasteiger partial charge in [-0.15, -0.1) is 0 Å². The summed E-state index contributed by atoms with van der Waals surface area (Å²) in [5.41, 5.74) is 1.25. The van der Waals surface area contributed by atoms with E-state index in [0.29, 0.717) is 16.7 Å². The second-order valence-electron chi connectivity index (χ2n) is 5.75. The summed E-state index contributed by atoms with van der Waals surface area (Å²) < 4.78 is 0. The van der Waals surface area contributed by atoms with Crippen LogP contribution in [0.15, 0.2) is 36.4 Å². The summed E-state index contributed by atoms with van der Waals surface area (Å²) in [5.74, 6) is -1.05. The van der Waals surface area contributed by atoms with Gasteiger partial charge >= 0.3 is 0 Å². The van der Waals surface area contributed by atoms with Crippen LogP contribution >= 0.6 is 0 Å². The van der Waals surface area contributed by atoms with Gasteiger partial charge in [0.15, 0.2) is 0 Å². The monoisotopic (exact) mass is 282 g/mol. The topological polar surface area (TPSA) is 57.7 Å². The number of imide groups is 1. The zero-order chi connectivity index (χ0) is 14.7. The van der Waals surface area contributed by atoms with Gasteiger partial charge in [0.05, 0.1) is 17.2 Å². The molecular weight excluding hydrogens is 268 g/mol. The van der Waals surface area contributed by atoms with Crippen molar-refractivity contribution in [1.29, 1.82) is 0 Å². The second kappa shape index (κ2) is 4.04. The van der Waals surface area contributed by atoms with E-state index >= 15 is 0 Å². The molecule has 0 spiro atoms. The molecule has 5 heteroatoms. The van der Waals surface area contributed by atoms with E-state index in [1.54, 1.807) is 24.3 Å². The van der Waals surface area contributed by atoms with Gasteiger partial charge in [-0.1, -0.05) is 25.1 Å². The summed E-state index contributed by atoms with van der Waals surface area (Å²) in [6, 6.07) is 6.58. The molecule has 2 atom stereocenters. The third-order valence-electron chi connectivity index (χ3n) is 4.71. The maximum absolute atomic E-state index is 12.5. The predicted octanol–water partition coefficient (Wildman–Crippen LogP) is 1.76. The molecule has 106 valence electrons. The smallest absolute Gasteiger partial charge is 0.268 e. The van der Waals surface area contributed by atoms with Crippen LogP contribution in [0.3, 0.4) is 0 Å². The number of hydrogen-bond donors (Lipinski definition) is 0. The van der Waals surface area contributed by atoms with E-state index in [4.69, 9.17) is 0 Å². The number of fused-ring (bicyclic) bond motifs is 2. The Bertz CT molecular complexity index is 674. The van der Waals surface area contributed by atoms with Crippen molar-refractivity contribution in [3.8, 4) is 0 Å². The Labute approximate surface area is 121 Å². The van der Waals surface area contributed by atoms with Gasteiger partial charge in [0, 0.05) is 11.5 Å². The Morgan fingerprint density at radius 1 is 0.952 bits per heavy atom. The molecule has 1 saturated carbocycles. The third-order valence-corrected chi connectivity index (χ3v) is 4.71. The summed E-state index contributed by atoms with van der Waals surface area (Å²) >= 11 is 0. The van der Waals surface area contributed by atoms with E-state index in [2.05, 4.69) is 6.58 Å². The number of hydrazine groups is 1. The van der Waals surface area contributed by atoms with Gasteiger partial charge < -0.3 is 0 Å². The lowest BCUT2D eigenvalue weighted by Crippen LogP contribution is -2.51. The number of benzene rings is 1. The Morgan fingerprint density at radius 3 is 2.19 bits per heavy atom. The number of carbonyl (C=O) groups excluding carboxylic acids is 3. The van der Waals surface area contributed by atoms with Crippen molar-refractivity contribution in [3.05, 3.63) is 47.5 Å². The predicted molar refractivity (Wildman–Crippen MR) is 74.1 cm³/mol. The largest absolute Gasteiger partial charge is 0.280 e. The van der Waals surface area contributed by atoms with Gasteiger partial charge in [-0.3, -0.25) is 14.4 Å². The molecule has 5 nitrogen and oxygen atoms in total. The van der Waals surface area contributed by atoms with Crippen molar-refractivity contribution >= 4 is 17.7 Å². The Hall–Kier alpha value is -2.43. The second-order valence-corrected chi connectivity index (χ2v) is 5.75. The molecule has 2 fully saturated rings. The van der Waals surface area contributed by atoms with Crippen LogP contribution < -0.4 is 0 Å². The highest BCUT2D eigenvalue weighted by molar-refractivity contribution is 6.22. The Morgan fingerprint density at radius 2 is 1.57 bits per heavy atom. The molecule has 0 bridgehead atoms. The summed E-state index contributed by atoms with van der Waals surface area (Å²) in [6.07, 6.45) is 2.69. The maximum atomic E-state index is 12.5. The molecule has 21 heavy (non-hydrogen) atoms. The van der Waals surface area contributed by atoms with Crippen LogP contribution in [-0.2, 0) is 4.79 Å². The molecule has 0 unspecified atom stereocenters. The molecule has 1 saturated heterocycles. The van der Waals surface area contributed by atoms with Crippen molar-refractivity contribution in [2.24, 2.45) is 5.92 Å². The first-order valence-electron chi connectivity index (χ1n) is 7.11. The van der Waals surface area contributed by atoms with Crippen molar-refractivity contribution in [3.63, 3.8) is 0 Å². The zero-order valence-electron chi connectivity index (χ0n) is 11.4. The summed E-state index contributed by atoms with van der Waals surface area (Å²) in [6.45, 7) is 3.86. The summed E-state index contributed by atoms with van der Waals surface area (Å²) in [5, 5.41) is 2.37. The van der Waals surface area contributed by atoms with Gasteiger partial charge in [0.1, 0.15) is 0 Å². The number of nitrogens with zero attached hydrogens (tertiary/aromatic N) is 2. The third kappa shape index (κ3) is 1.43. The van der Waals surface area contributed by atoms with E-state index in [-0.39, 0.29) is 17.9 Å². The molecule has 2 heterocycles. The molecule has 1 aromatic carbocycles. The minimum absolute atomic E-state index is 0.0711. The standard InChI is InChI=1S/C16H14N2O3/c1-9-10-7-4-8-13(10)17(14(9)19)18-15(20)11-5-2-3-6-12(11)16(18)21/h2-3,5-6,10,13H,1,4,7-8H2/t10-,13-/m1/s1. The highest BCUT2D eigenvalue weighted by atomic mass is 16.2. The molecule has 3 aliphatic rings. The van der Waals surface area contributed by atoms with Crippen LogP contribution in [0.2, 0.25) is 0 Å². The fourth-order valence-electron chi connectivity index (χ4n) is 3.71. The number of hydrogen-bond acceptors (Lipinski definition) is 3. The number of rotatable bonds is 1. The van der Waals surface area contributed by atoms with E-state index in [1.165, 1.54) is 5.01 Å². The summed E-state index contributed by atoms with van der Waals surface area (Å²) in [7, 11) is 0. The zero-order valence-corrected chi connectivity index (χ0v) is 11.4. The van der Waals surface area contributed by atoms with Crippen LogP contribution in [-0.4, -0.2) is 33.8 Å². The van der Waals surface area contributed by atoms with Crippen LogP contribution in [0.4, 0.5) is 0 Å². The first-order chi connectivity index (χ1) is 10.1. The highest BCUT2D eigenvalue weighted by Gasteiger charge is 2.52. The summed E-state index contributed by atoms with van der Waals surface area (Å²) in [4.78, 5) is 37.5. The van der Waals surface area contributed by atoms with Gasteiger partial charge in [0.2, 0.25) is 0 Å². The molecule has 1 aliphatic carbocycles. The van der Waals surface area contributed by atoms with E-state index < -0.39 is 11.8 Å². The van der Waals surface area contributed by atoms with Crippen molar-refractivity contribution in [1.82, 2.24) is 10.0 Å². The van der Waals surface area contributed by atoms with E-state index in [1.807, 2.05) is 0 Å². The van der Waals surface area contributed by atoms with Crippen LogP contribution in [0.25, 0.3) is 0 Å². The van der Waals surface area contributed by atoms with Crippen molar-refractivity contribution in [2.75, 3.05) is 0 Å². The van der Waals surface area contributed by atoms with Gasteiger partial charge in [-0.05, 0) is 25.0 Å². The quantitative estimate of drug-likeness (QED) is 0.582. The number of amides is 3. The molecule has 0 N–H and O–H groups in total. The van der Waals surface area contributed by atoms with E-state index in [0.717, 1.165) is 24.3 Å². The van der Waals surface area contributed by atoms with Gasteiger partial charge in [-0.2, -0.15) is 5.01 Å². The molecular formula is C16H14N2O3. The van der Waals surface area contributed by atoms with Gasteiger partial charge in [0.25, 0.3) is 17.7 Å². The fraction of sp³-hybridized carbons (Fsp3) is 0.312. The van der Waals surface area contributed by atoms with Crippen LogP contribution in [0.1, 0.15) is 40.0 Å². The number of carbonyl (C=O) groups is 3. The molecule has 1 aromatic rings. The normalized spacial score (nSPS) is 27.6. The van der Waals surface area contributed by atoms with Gasteiger partial charge in [-0.25, -0.2) is 5.01 Å². The first-order valence-corrected chi connectivity index (χ1v) is 7.11. The molecule has 0 aromatic heterocycles. The maximum Gasteiger partial charge on any atom is 0.280 e. The minimum Gasteiger partial charge on any atom is -0.268 e. The Kier molecular flexibility index (Phi) is 2.37. The van der Waals surface area contributed by atoms with Crippen molar-refractivity contribution in [2.45, 2.75) is 25.3 Å².